The highest BCUT2D eigenvalue weighted by atomic mass is 35.5. The van der Waals surface area contributed by atoms with E-state index in [-0.39, 0.29) is 25.0 Å². The first-order chi connectivity index (χ1) is 11.1. The molecular weight excluding hydrogens is 314 g/mol. The zero-order valence-electron chi connectivity index (χ0n) is 13.0. The van der Waals surface area contributed by atoms with Crippen molar-refractivity contribution < 1.29 is 14.6 Å². The van der Waals surface area contributed by atoms with Crippen LogP contribution >= 0.6 is 11.6 Å². The van der Waals surface area contributed by atoms with Crippen LogP contribution in [0.1, 0.15) is 12.5 Å². The summed E-state index contributed by atoms with van der Waals surface area (Å²) >= 11 is 5.86. The van der Waals surface area contributed by atoms with Crippen molar-refractivity contribution in [2.45, 2.75) is 13.3 Å². The lowest BCUT2D eigenvalue weighted by Gasteiger charge is -2.13. The Morgan fingerprint density at radius 2 is 1.83 bits per heavy atom. The Balaban J connectivity index is 1.88. The van der Waals surface area contributed by atoms with Gasteiger partial charge in [0.1, 0.15) is 12.4 Å². The number of carbonyl (C=O) groups is 1. The summed E-state index contributed by atoms with van der Waals surface area (Å²) in [6, 6.07) is 14.6. The third-order valence-corrected chi connectivity index (χ3v) is 3.64. The summed E-state index contributed by atoms with van der Waals surface area (Å²) in [6.45, 7) is 2.12. The Hall–Kier alpha value is -2.04. The number of rotatable bonds is 7. The van der Waals surface area contributed by atoms with E-state index in [9.17, 15) is 4.79 Å². The molecule has 2 rings (SSSR count). The second-order valence-electron chi connectivity index (χ2n) is 5.32. The minimum absolute atomic E-state index is 0.0271. The van der Waals surface area contributed by atoms with E-state index in [0.29, 0.717) is 22.9 Å². The van der Waals surface area contributed by atoms with Crippen molar-refractivity contribution in [1.29, 1.82) is 0 Å². The van der Waals surface area contributed by atoms with E-state index >= 15 is 0 Å². The highest BCUT2D eigenvalue weighted by molar-refractivity contribution is 6.30. The molecule has 1 unspecified atom stereocenters. The number of carbonyl (C=O) groups excluding carboxylic acids is 1. The van der Waals surface area contributed by atoms with Crippen LogP contribution in [0.4, 0.5) is 5.69 Å². The maximum atomic E-state index is 12.2. The predicted octanol–water partition coefficient (Wildman–Crippen LogP) is 3.53. The Morgan fingerprint density at radius 3 is 2.43 bits per heavy atom. The molecule has 0 aliphatic carbocycles. The minimum atomic E-state index is -0.151. The molecule has 0 heterocycles. The van der Waals surface area contributed by atoms with E-state index in [4.69, 9.17) is 21.4 Å². The molecule has 23 heavy (non-hydrogen) atoms. The first-order valence-electron chi connectivity index (χ1n) is 7.47. The average Bonchev–Trinajstić information content (AvgIpc) is 2.56. The fourth-order valence-electron chi connectivity index (χ4n) is 2.13. The standard InChI is InChI=1S/C18H20ClNO3/c1-13(12-14-2-4-15(19)5-3-14)18(22)20-16-6-8-17(9-7-16)23-11-10-21/h2-9,13,21H,10-12H2,1H3,(H,20,22). The molecule has 5 heteroatoms. The highest BCUT2D eigenvalue weighted by Gasteiger charge is 2.13. The molecule has 0 fully saturated rings. The van der Waals surface area contributed by atoms with Crippen LogP contribution in [-0.4, -0.2) is 24.2 Å². The quantitative estimate of drug-likeness (QED) is 0.815. The number of amides is 1. The first kappa shape index (κ1) is 17.3. The lowest BCUT2D eigenvalue weighted by Crippen LogP contribution is -2.22. The van der Waals surface area contributed by atoms with Crippen LogP contribution in [0.5, 0.6) is 5.75 Å². The highest BCUT2D eigenvalue weighted by Crippen LogP contribution is 2.18. The summed E-state index contributed by atoms with van der Waals surface area (Å²) in [5.74, 6) is 0.469. The number of aliphatic hydroxyl groups is 1. The van der Waals surface area contributed by atoms with Crippen LogP contribution < -0.4 is 10.1 Å². The summed E-state index contributed by atoms with van der Waals surface area (Å²) in [5.41, 5.74) is 1.79. The molecule has 0 aliphatic rings. The Bertz CT molecular complexity index is 626. The summed E-state index contributed by atoms with van der Waals surface area (Å²) in [5, 5.41) is 12.3. The van der Waals surface area contributed by atoms with Crippen LogP contribution in [0, 0.1) is 5.92 Å². The Labute approximate surface area is 141 Å². The molecule has 0 aromatic heterocycles. The van der Waals surface area contributed by atoms with Gasteiger partial charge in [-0.05, 0) is 48.4 Å². The van der Waals surface area contributed by atoms with Gasteiger partial charge >= 0.3 is 0 Å². The zero-order chi connectivity index (χ0) is 16.7. The molecule has 4 nitrogen and oxygen atoms in total. The molecule has 2 aromatic carbocycles. The maximum Gasteiger partial charge on any atom is 0.227 e. The van der Waals surface area contributed by atoms with Gasteiger partial charge in [-0.15, -0.1) is 0 Å². The molecule has 0 bridgehead atoms. The van der Waals surface area contributed by atoms with Gasteiger partial charge in [0, 0.05) is 16.6 Å². The lowest BCUT2D eigenvalue weighted by atomic mass is 10.0. The van der Waals surface area contributed by atoms with Gasteiger partial charge in [0.05, 0.1) is 6.61 Å². The molecule has 122 valence electrons. The first-order valence-corrected chi connectivity index (χ1v) is 7.85. The molecule has 1 atom stereocenters. The molecule has 0 spiro atoms. The molecule has 0 saturated carbocycles. The van der Waals surface area contributed by atoms with Gasteiger partial charge in [0.15, 0.2) is 0 Å². The number of aliphatic hydroxyl groups excluding tert-OH is 1. The van der Waals surface area contributed by atoms with Crippen molar-refractivity contribution in [2.24, 2.45) is 5.92 Å². The largest absolute Gasteiger partial charge is 0.491 e. The monoisotopic (exact) mass is 333 g/mol. The fourth-order valence-corrected chi connectivity index (χ4v) is 2.26. The van der Waals surface area contributed by atoms with Gasteiger partial charge in [0.25, 0.3) is 0 Å². The normalized spacial score (nSPS) is 11.8. The van der Waals surface area contributed by atoms with Crippen molar-refractivity contribution in [3.63, 3.8) is 0 Å². The third kappa shape index (κ3) is 5.58. The number of hydrogen-bond acceptors (Lipinski definition) is 3. The van der Waals surface area contributed by atoms with E-state index < -0.39 is 0 Å². The molecule has 2 aromatic rings. The van der Waals surface area contributed by atoms with E-state index in [1.54, 1.807) is 24.3 Å². The SMILES string of the molecule is CC(Cc1ccc(Cl)cc1)C(=O)Nc1ccc(OCCO)cc1. The van der Waals surface area contributed by atoms with Crippen LogP contribution in [0.15, 0.2) is 48.5 Å². The summed E-state index contributed by atoms with van der Waals surface area (Å²) in [7, 11) is 0. The second-order valence-corrected chi connectivity index (χ2v) is 5.75. The predicted molar refractivity (Wildman–Crippen MR) is 92.0 cm³/mol. The second kappa shape index (κ2) is 8.56. The number of benzene rings is 2. The smallest absolute Gasteiger partial charge is 0.227 e. The van der Waals surface area contributed by atoms with Crippen LogP contribution in [0.2, 0.25) is 5.02 Å². The van der Waals surface area contributed by atoms with Crippen LogP contribution in [0.3, 0.4) is 0 Å². The van der Waals surface area contributed by atoms with Crippen LogP contribution in [-0.2, 0) is 11.2 Å². The van der Waals surface area contributed by atoms with Gasteiger partial charge < -0.3 is 15.2 Å². The lowest BCUT2D eigenvalue weighted by molar-refractivity contribution is -0.119. The van der Waals surface area contributed by atoms with Gasteiger partial charge in [-0.25, -0.2) is 0 Å². The Morgan fingerprint density at radius 1 is 1.17 bits per heavy atom. The van der Waals surface area contributed by atoms with Crippen molar-refractivity contribution in [3.05, 3.63) is 59.1 Å². The molecule has 2 N–H and O–H groups in total. The minimum Gasteiger partial charge on any atom is -0.491 e. The van der Waals surface area contributed by atoms with Crippen molar-refractivity contribution in [3.8, 4) is 5.75 Å². The number of ether oxygens (including phenoxy) is 1. The molecule has 1 amide bonds. The van der Waals surface area contributed by atoms with E-state index in [1.807, 2.05) is 31.2 Å². The van der Waals surface area contributed by atoms with Gasteiger partial charge in [-0.3, -0.25) is 4.79 Å². The van der Waals surface area contributed by atoms with E-state index in [0.717, 1.165) is 5.56 Å². The summed E-state index contributed by atoms with van der Waals surface area (Å²) in [6.07, 6.45) is 0.653. The summed E-state index contributed by atoms with van der Waals surface area (Å²) < 4.78 is 5.28. The zero-order valence-corrected chi connectivity index (χ0v) is 13.7. The number of anilines is 1. The number of halogens is 1. The van der Waals surface area contributed by atoms with Crippen LogP contribution in [0.25, 0.3) is 0 Å². The fraction of sp³-hybridized carbons (Fsp3) is 0.278. The van der Waals surface area contributed by atoms with Crippen molar-refractivity contribution in [1.82, 2.24) is 0 Å². The summed E-state index contributed by atoms with van der Waals surface area (Å²) in [4.78, 5) is 12.2. The number of nitrogens with one attached hydrogen (secondary N) is 1. The topological polar surface area (TPSA) is 58.6 Å². The maximum absolute atomic E-state index is 12.2. The molecule has 0 aliphatic heterocycles. The van der Waals surface area contributed by atoms with Crippen molar-refractivity contribution in [2.75, 3.05) is 18.5 Å². The third-order valence-electron chi connectivity index (χ3n) is 3.38. The molecular formula is C18H20ClNO3. The van der Waals surface area contributed by atoms with Gasteiger partial charge in [-0.1, -0.05) is 30.7 Å². The Kier molecular flexibility index (Phi) is 6.44. The molecule has 0 saturated heterocycles. The van der Waals surface area contributed by atoms with Gasteiger partial charge in [-0.2, -0.15) is 0 Å². The van der Waals surface area contributed by atoms with E-state index in [2.05, 4.69) is 5.32 Å². The number of hydrogen-bond donors (Lipinski definition) is 2. The van der Waals surface area contributed by atoms with Gasteiger partial charge in [0.2, 0.25) is 5.91 Å². The van der Waals surface area contributed by atoms with Crippen molar-refractivity contribution >= 4 is 23.2 Å². The van der Waals surface area contributed by atoms with E-state index in [1.165, 1.54) is 0 Å². The average molecular weight is 334 g/mol. The molecule has 0 radical (unpaired) electrons.